The topological polar surface area (TPSA) is 69.6 Å². The standard InChI is InChI=1S/C25H27NO3/c1-18-6-2-11-22(14-18)24(27)17-26-13-5-8-19-7-3-9-20(15-19)21-10-4-12-23(16-21)25(28)29/h2-4,6-7,9-12,14-16,24,26-27H,5,8,13,17H2,1H3,(H,28,29)/t24-/m0/s1/i3D,5D2,7D,9D,15D,17D2,24D. The van der Waals surface area contributed by atoms with Crippen LogP contribution in [0.4, 0.5) is 0 Å². The predicted molar refractivity (Wildman–Crippen MR) is 116 cm³/mol. The zero-order valence-corrected chi connectivity index (χ0v) is 15.8. The van der Waals surface area contributed by atoms with Crippen LogP contribution in [-0.2, 0) is 6.42 Å². The molecule has 3 N–H and O–H groups in total. The van der Waals surface area contributed by atoms with Gasteiger partial charge in [0, 0.05) is 12.0 Å². The zero-order valence-electron chi connectivity index (χ0n) is 24.8. The Balaban J connectivity index is 1.93. The number of benzene rings is 3. The van der Waals surface area contributed by atoms with Gasteiger partial charge >= 0.3 is 5.97 Å². The van der Waals surface area contributed by atoms with Gasteiger partial charge in [-0.15, -0.1) is 0 Å². The molecule has 0 fully saturated rings. The van der Waals surface area contributed by atoms with Crippen LogP contribution in [0.2, 0.25) is 0 Å². The van der Waals surface area contributed by atoms with E-state index in [9.17, 15) is 15.0 Å². The van der Waals surface area contributed by atoms with Crippen molar-refractivity contribution in [1.82, 2.24) is 5.32 Å². The van der Waals surface area contributed by atoms with Gasteiger partial charge in [0.05, 0.1) is 18.5 Å². The van der Waals surface area contributed by atoms with E-state index in [-0.39, 0.29) is 27.8 Å². The first kappa shape index (κ1) is 11.9. The lowest BCUT2D eigenvalue weighted by Crippen LogP contribution is -2.22. The second-order valence-electron chi connectivity index (χ2n) is 6.36. The smallest absolute Gasteiger partial charge is 0.335 e. The van der Waals surface area contributed by atoms with E-state index < -0.39 is 62.1 Å². The van der Waals surface area contributed by atoms with Crippen LogP contribution in [0.25, 0.3) is 11.1 Å². The van der Waals surface area contributed by atoms with Crippen LogP contribution in [0.1, 0.15) is 51.8 Å². The Morgan fingerprint density at radius 3 is 2.83 bits per heavy atom. The van der Waals surface area contributed by atoms with Gasteiger partial charge in [-0.3, -0.25) is 0 Å². The van der Waals surface area contributed by atoms with E-state index in [1.54, 1.807) is 19.1 Å². The largest absolute Gasteiger partial charge is 0.478 e. The van der Waals surface area contributed by atoms with Gasteiger partial charge in [-0.1, -0.05) is 66.1 Å². The van der Waals surface area contributed by atoms with Gasteiger partial charge in [0.25, 0.3) is 0 Å². The second kappa shape index (κ2) is 10.0. The highest BCUT2D eigenvalue weighted by atomic mass is 16.4. The van der Waals surface area contributed by atoms with E-state index in [4.69, 9.17) is 12.3 Å². The average molecular weight is 399 g/mol. The van der Waals surface area contributed by atoms with Gasteiger partial charge in [0.1, 0.15) is 0 Å². The monoisotopic (exact) mass is 398 g/mol. The van der Waals surface area contributed by atoms with Crippen molar-refractivity contribution in [3.8, 4) is 11.1 Å². The van der Waals surface area contributed by atoms with Crippen LogP contribution in [0.15, 0.2) is 72.7 Å². The number of aliphatic hydroxyl groups is 1. The molecule has 150 valence electrons. The van der Waals surface area contributed by atoms with E-state index in [1.807, 2.05) is 0 Å². The highest BCUT2D eigenvalue weighted by molar-refractivity contribution is 5.89. The number of nitrogens with one attached hydrogen (secondary N) is 1. The Kier molecular flexibility index (Phi) is 4.11. The summed E-state index contributed by atoms with van der Waals surface area (Å²) in [6.07, 6.45) is -5.69. The van der Waals surface area contributed by atoms with Crippen molar-refractivity contribution in [2.45, 2.75) is 25.8 Å². The number of aromatic carboxylic acids is 1. The lowest BCUT2D eigenvalue weighted by molar-refractivity contribution is 0.0697. The molecule has 0 heterocycles. The molecule has 29 heavy (non-hydrogen) atoms. The van der Waals surface area contributed by atoms with Crippen LogP contribution in [0.3, 0.4) is 0 Å². The highest BCUT2D eigenvalue weighted by Gasteiger charge is 2.07. The van der Waals surface area contributed by atoms with Crippen LogP contribution >= 0.6 is 0 Å². The summed E-state index contributed by atoms with van der Waals surface area (Å²) in [7, 11) is 0. The van der Waals surface area contributed by atoms with Crippen LogP contribution in [0, 0.1) is 6.92 Å². The third-order valence-electron chi connectivity index (χ3n) is 4.09. The molecule has 0 aliphatic heterocycles. The molecule has 4 heteroatoms. The minimum Gasteiger partial charge on any atom is -0.478 e. The van der Waals surface area contributed by atoms with Gasteiger partial charge in [0.15, 0.2) is 0 Å². The van der Waals surface area contributed by atoms with Crippen molar-refractivity contribution in [3.05, 3.63) is 95.0 Å². The third-order valence-corrected chi connectivity index (χ3v) is 4.09. The maximum absolute atomic E-state index is 11.4. The Morgan fingerprint density at radius 1 is 1.21 bits per heavy atom. The Bertz CT molecular complexity index is 1380. The molecular weight excluding hydrogens is 362 g/mol. The fourth-order valence-corrected chi connectivity index (χ4v) is 2.67. The van der Waals surface area contributed by atoms with Crippen LogP contribution in [-0.4, -0.2) is 29.2 Å². The van der Waals surface area contributed by atoms with E-state index in [1.165, 1.54) is 36.4 Å². The first-order valence-electron chi connectivity index (χ1n) is 13.5. The summed E-state index contributed by atoms with van der Waals surface area (Å²) in [5, 5.41) is 22.2. The first-order chi connectivity index (χ1) is 17.5. The van der Waals surface area contributed by atoms with Gasteiger partial charge in [-0.05, 0) is 60.6 Å². The minimum atomic E-state index is -2.80. The molecule has 3 aromatic rings. The van der Waals surface area contributed by atoms with E-state index >= 15 is 0 Å². The number of aryl methyl sites for hydroxylation is 1. The lowest BCUT2D eigenvalue weighted by Gasteiger charge is -2.13. The normalized spacial score (nSPS) is 18.5. The Morgan fingerprint density at radius 2 is 2.03 bits per heavy atom. The molecule has 3 rings (SSSR count). The molecule has 4 nitrogen and oxygen atoms in total. The summed E-state index contributed by atoms with van der Waals surface area (Å²) in [6, 6.07) is 9.52. The van der Waals surface area contributed by atoms with E-state index in [2.05, 4.69) is 5.32 Å². The summed E-state index contributed by atoms with van der Waals surface area (Å²) < 4.78 is 74.8. The van der Waals surface area contributed by atoms with Crippen molar-refractivity contribution >= 4 is 5.97 Å². The minimum absolute atomic E-state index is 0.0319. The molecule has 0 aliphatic carbocycles. The fraction of sp³-hybridized carbons (Fsp3) is 0.240. The molecule has 0 amide bonds. The number of hydrogen-bond acceptors (Lipinski definition) is 3. The van der Waals surface area contributed by atoms with Crippen molar-refractivity contribution in [1.29, 1.82) is 0 Å². The molecule has 1 atom stereocenters. The number of hydrogen-bond donors (Lipinski definition) is 3. The summed E-state index contributed by atoms with van der Waals surface area (Å²) in [4.78, 5) is 11.4. The second-order valence-corrected chi connectivity index (χ2v) is 6.36. The number of carbonyl (C=O) groups is 1. The molecule has 0 aliphatic rings. The van der Waals surface area contributed by atoms with Crippen molar-refractivity contribution in [2.75, 3.05) is 13.0 Å². The van der Waals surface area contributed by atoms with Gasteiger partial charge < -0.3 is 15.5 Å². The molecule has 3 aromatic carbocycles. The van der Waals surface area contributed by atoms with E-state index in [0.29, 0.717) is 5.56 Å². The Hall–Kier alpha value is -2.95. The van der Waals surface area contributed by atoms with Crippen molar-refractivity contribution in [3.63, 3.8) is 0 Å². The first-order valence-corrected chi connectivity index (χ1v) is 8.96. The third kappa shape index (κ3) is 6.01. The summed E-state index contributed by atoms with van der Waals surface area (Å²) in [5.74, 6) is -1.23. The fourth-order valence-electron chi connectivity index (χ4n) is 2.67. The average Bonchev–Trinajstić information content (AvgIpc) is 2.84. The summed E-state index contributed by atoms with van der Waals surface area (Å²) in [5.41, 5.74) is 0.372. The van der Waals surface area contributed by atoms with Gasteiger partial charge in [-0.2, -0.15) is 0 Å². The molecule has 0 saturated heterocycles. The molecule has 0 spiro atoms. The number of rotatable bonds is 9. The van der Waals surface area contributed by atoms with E-state index in [0.717, 1.165) is 0 Å². The molecule has 0 bridgehead atoms. The quantitative estimate of drug-likeness (QED) is 0.492. The molecular formula is C25H27NO3. The SMILES string of the molecule is [2H]c1c([2H])c(CC([2H])([2H])CNC([2H])([2H])[C@]([2H])(O)c2cccc(C)c2)c([2H])c(-c2cccc(C(=O)O)c2)c1[2H]. The molecule has 0 unspecified atom stereocenters. The lowest BCUT2D eigenvalue weighted by atomic mass is 9.99. The van der Waals surface area contributed by atoms with Gasteiger partial charge in [-0.25, -0.2) is 4.79 Å². The molecule has 0 aromatic heterocycles. The predicted octanol–water partition coefficient (Wildman–Crippen LogP) is 4.62. The maximum Gasteiger partial charge on any atom is 0.335 e. The van der Waals surface area contributed by atoms with Crippen LogP contribution in [0.5, 0.6) is 0 Å². The van der Waals surface area contributed by atoms with Crippen molar-refractivity contribution in [2.24, 2.45) is 0 Å². The number of carboxylic acid groups (broad SMARTS) is 1. The Labute approximate surface area is 184 Å². The summed E-state index contributed by atoms with van der Waals surface area (Å²) >= 11 is 0. The summed E-state index contributed by atoms with van der Waals surface area (Å²) in [6.45, 7) is -1.80. The highest BCUT2D eigenvalue weighted by Crippen LogP contribution is 2.22. The number of carboxylic acids is 1. The molecule has 0 radical (unpaired) electrons. The van der Waals surface area contributed by atoms with Gasteiger partial charge in [0.2, 0.25) is 0 Å². The van der Waals surface area contributed by atoms with Crippen LogP contribution < -0.4 is 5.32 Å². The van der Waals surface area contributed by atoms with Crippen molar-refractivity contribution < 1.29 is 27.3 Å². The molecule has 0 saturated carbocycles. The zero-order chi connectivity index (χ0) is 28.6. The maximum atomic E-state index is 11.4.